The van der Waals surface area contributed by atoms with Gasteiger partial charge in [-0.3, -0.25) is 9.89 Å². The standard InChI is InChI=1S/C19H22ClN3O4S/c1-2-27-19(24)14-9-16-15-10-21-23-17(15)7-12(22-16)8-18(14)28(25,26)13-5-3-11(20)4-6-13/h3-6,10,12,14,16,18,22H,2,7-9H2,1H3,(H,21,23). The van der Waals surface area contributed by atoms with Crippen molar-refractivity contribution >= 4 is 27.4 Å². The molecule has 2 aliphatic heterocycles. The molecule has 0 aliphatic carbocycles. The second kappa shape index (κ2) is 7.50. The predicted molar refractivity (Wildman–Crippen MR) is 104 cm³/mol. The molecule has 4 rings (SSSR count). The molecular weight excluding hydrogens is 402 g/mol. The number of hydrogen-bond donors (Lipinski definition) is 2. The number of carbonyl (C=O) groups excluding carboxylic acids is 1. The smallest absolute Gasteiger partial charge is 0.310 e. The fourth-order valence-corrected chi connectivity index (χ4v) is 6.43. The number of aromatic amines is 1. The highest BCUT2D eigenvalue weighted by molar-refractivity contribution is 7.92. The largest absolute Gasteiger partial charge is 0.466 e. The molecule has 2 aromatic rings. The van der Waals surface area contributed by atoms with Crippen molar-refractivity contribution in [2.75, 3.05) is 6.61 Å². The highest BCUT2D eigenvalue weighted by Gasteiger charge is 2.46. The zero-order valence-electron chi connectivity index (χ0n) is 15.4. The molecule has 4 atom stereocenters. The first-order chi connectivity index (χ1) is 13.4. The van der Waals surface area contributed by atoms with Gasteiger partial charge in [-0.25, -0.2) is 8.42 Å². The van der Waals surface area contributed by atoms with Gasteiger partial charge in [0.25, 0.3) is 0 Å². The Hall–Kier alpha value is -1.90. The van der Waals surface area contributed by atoms with Crippen LogP contribution in [0.15, 0.2) is 35.4 Å². The third-order valence-corrected chi connectivity index (χ3v) is 8.10. The zero-order chi connectivity index (χ0) is 19.9. The molecule has 0 saturated carbocycles. The van der Waals surface area contributed by atoms with Crippen molar-refractivity contribution in [3.63, 3.8) is 0 Å². The van der Waals surface area contributed by atoms with E-state index >= 15 is 0 Å². The lowest BCUT2D eigenvalue weighted by atomic mass is 9.93. The minimum Gasteiger partial charge on any atom is -0.466 e. The Morgan fingerprint density at radius 2 is 2.04 bits per heavy atom. The quantitative estimate of drug-likeness (QED) is 0.732. The first kappa shape index (κ1) is 19.4. The number of hydrogen-bond acceptors (Lipinski definition) is 6. The van der Waals surface area contributed by atoms with E-state index in [1.807, 2.05) is 0 Å². The average Bonchev–Trinajstić information content (AvgIpc) is 3.06. The van der Waals surface area contributed by atoms with E-state index in [0.29, 0.717) is 24.3 Å². The summed E-state index contributed by atoms with van der Waals surface area (Å²) in [4.78, 5) is 12.9. The number of halogens is 1. The van der Waals surface area contributed by atoms with Gasteiger partial charge in [0.2, 0.25) is 0 Å². The number of aromatic nitrogens is 2. The molecule has 0 radical (unpaired) electrons. The monoisotopic (exact) mass is 423 g/mol. The topological polar surface area (TPSA) is 101 Å². The summed E-state index contributed by atoms with van der Waals surface area (Å²) in [6.07, 6.45) is 3.07. The van der Waals surface area contributed by atoms with Crippen LogP contribution in [0.1, 0.15) is 37.1 Å². The van der Waals surface area contributed by atoms with Crippen LogP contribution in [0.4, 0.5) is 0 Å². The minimum atomic E-state index is -3.75. The van der Waals surface area contributed by atoms with Crippen LogP contribution < -0.4 is 5.32 Å². The molecule has 3 heterocycles. The molecule has 0 spiro atoms. The summed E-state index contributed by atoms with van der Waals surface area (Å²) < 4.78 is 32.2. The van der Waals surface area contributed by atoms with Crippen molar-refractivity contribution in [1.82, 2.24) is 15.5 Å². The van der Waals surface area contributed by atoms with Crippen molar-refractivity contribution in [2.45, 2.75) is 48.4 Å². The molecule has 7 nitrogen and oxygen atoms in total. The van der Waals surface area contributed by atoms with E-state index in [2.05, 4.69) is 15.5 Å². The number of sulfone groups is 1. The molecule has 1 fully saturated rings. The lowest BCUT2D eigenvalue weighted by Crippen LogP contribution is -2.40. The van der Waals surface area contributed by atoms with Crippen LogP contribution >= 0.6 is 11.6 Å². The number of rotatable bonds is 4. The molecule has 4 unspecified atom stereocenters. The van der Waals surface area contributed by atoms with Crippen LogP contribution in [0, 0.1) is 5.92 Å². The molecule has 2 bridgehead atoms. The van der Waals surface area contributed by atoms with Crippen LogP contribution in [0.3, 0.4) is 0 Å². The molecule has 28 heavy (non-hydrogen) atoms. The third kappa shape index (κ3) is 3.44. The maximum atomic E-state index is 13.5. The van der Waals surface area contributed by atoms with E-state index in [0.717, 1.165) is 11.3 Å². The van der Waals surface area contributed by atoms with E-state index in [1.165, 1.54) is 12.1 Å². The number of fused-ring (bicyclic) bond motifs is 4. The number of H-pyrrole nitrogens is 1. The maximum absolute atomic E-state index is 13.5. The van der Waals surface area contributed by atoms with E-state index < -0.39 is 27.0 Å². The summed E-state index contributed by atoms with van der Waals surface area (Å²) in [6.45, 7) is 1.93. The van der Waals surface area contributed by atoms with E-state index in [9.17, 15) is 13.2 Å². The Labute approximate surface area is 168 Å². The second-order valence-electron chi connectivity index (χ2n) is 7.29. The SMILES string of the molecule is CCOC(=O)C1CC2NC(Cc3[nH]ncc32)CC1S(=O)(=O)c1ccc(Cl)cc1. The summed E-state index contributed by atoms with van der Waals surface area (Å²) in [5, 5.41) is 10.2. The van der Waals surface area contributed by atoms with Gasteiger partial charge < -0.3 is 10.1 Å². The zero-order valence-corrected chi connectivity index (χ0v) is 17.0. The Bertz CT molecular complexity index is 973. The number of benzene rings is 1. The van der Waals surface area contributed by atoms with Crippen molar-refractivity contribution in [3.05, 3.63) is 46.7 Å². The van der Waals surface area contributed by atoms with Gasteiger partial charge in [-0.05, 0) is 44.0 Å². The molecular formula is C19H22ClN3O4S. The first-order valence-electron chi connectivity index (χ1n) is 9.34. The van der Waals surface area contributed by atoms with Crippen LogP contribution in [0.5, 0.6) is 0 Å². The maximum Gasteiger partial charge on any atom is 0.310 e. The summed E-state index contributed by atoms with van der Waals surface area (Å²) in [7, 11) is -3.75. The molecule has 150 valence electrons. The van der Waals surface area contributed by atoms with E-state index in [1.54, 1.807) is 25.3 Å². The van der Waals surface area contributed by atoms with Crippen LogP contribution in [0.25, 0.3) is 0 Å². The van der Waals surface area contributed by atoms with Crippen LogP contribution in [0.2, 0.25) is 5.02 Å². The minimum absolute atomic E-state index is 0.0653. The van der Waals surface area contributed by atoms with Crippen molar-refractivity contribution in [2.24, 2.45) is 5.92 Å². The lowest BCUT2D eigenvalue weighted by molar-refractivity contribution is -0.148. The Morgan fingerprint density at radius 3 is 2.75 bits per heavy atom. The van der Waals surface area contributed by atoms with Gasteiger partial charge in [-0.2, -0.15) is 5.10 Å². The van der Waals surface area contributed by atoms with Crippen LogP contribution in [-0.4, -0.2) is 42.5 Å². The second-order valence-corrected chi connectivity index (χ2v) is 9.89. The van der Waals surface area contributed by atoms with Crippen molar-refractivity contribution < 1.29 is 17.9 Å². The number of ether oxygens (including phenoxy) is 1. The molecule has 1 aromatic heterocycles. The summed E-state index contributed by atoms with van der Waals surface area (Å²) >= 11 is 5.92. The fraction of sp³-hybridized carbons (Fsp3) is 0.474. The lowest BCUT2D eigenvalue weighted by Gasteiger charge is -2.28. The highest BCUT2D eigenvalue weighted by Crippen LogP contribution is 2.39. The van der Waals surface area contributed by atoms with Crippen LogP contribution in [-0.2, 0) is 25.8 Å². The van der Waals surface area contributed by atoms with Gasteiger partial charge in [0.1, 0.15) is 0 Å². The highest BCUT2D eigenvalue weighted by atomic mass is 35.5. The Morgan fingerprint density at radius 1 is 1.29 bits per heavy atom. The number of nitrogens with one attached hydrogen (secondary N) is 2. The molecule has 1 aromatic carbocycles. The Kier molecular flexibility index (Phi) is 5.20. The molecule has 1 saturated heterocycles. The third-order valence-electron chi connectivity index (χ3n) is 5.60. The average molecular weight is 424 g/mol. The summed E-state index contributed by atoms with van der Waals surface area (Å²) in [5.41, 5.74) is 2.00. The molecule has 2 aliphatic rings. The van der Waals surface area contributed by atoms with Gasteiger partial charge in [-0.15, -0.1) is 0 Å². The molecule has 9 heteroatoms. The number of esters is 1. The summed E-state index contributed by atoms with van der Waals surface area (Å²) in [5.74, 6) is -1.23. The Balaban J connectivity index is 1.74. The fourth-order valence-electron chi connectivity index (χ4n) is 4.30. The van der Waals surface area contributed by atoms with Crippen molar-refractivity contribution in [3.8, 4) is 0 Å². The first-order valence-corrected chi connectivity index (χ1v) is 11.3. The van der Waals surface area contributed by atoms with E-state index in [4.69, 9.17) is 16.3 Å². The number of nitrogens with zero attached hydrogens (tertiary/aromatic N) is 1. The van der Waals surface area contributed by atoms with Gasteiger partial charge in [0.05, 0.1) is 28.9 Å². The van der Waals surface area contributed by atoms with Gasteiger partial charge >= 0.3 is 5.97 Å². The van der Waals surface area contributed by atoms with Gasteiger partial charge in [0.15, 0.2) is 9.84 Å². The van der Waals surface area contributed by atoms with Gasteiger partial charge in [-0.1, -0.05) is 11.6 Å². The molecule has 2 N–H and O–H groups in total. The summed E-state index contributed by atoms with van der Waals surface area (Å²) in [6, 6.07) is 5.90. The molecule has 0 amide bonds. The van der Waals surface area contributed by atoms with E-state index in [-0.39, 0.29) is 23.6 Å². The van der Waals surface area contributed by atoms with Gasteiger partial charge in [0, 0.05) is 34.8 Å². The van der Waals surface area contributed by atoms with Crippen molar-refractivity contribution in [1.29, 1.82) is 0 Å². The normalized spacial score (nSPS) is 26.9. The number of carbonyl (C=O) groups is 1. The predicted octanol–water partition coefficient (Wildman–Crippen LogP) is 2.43.